The van der Waals surface area contributed by atoms with E-state index in [2.05, 4.69) is 15.7 Å². The third-order valence-electron chi connectivity index (χ3n) is 5.80. The van der Waals surface area contributed by atoms with Crippen molar-refractivity contribution in [1.29, 1.82) is 0 Å². The van der Waals surface area contributed by atoms with Crippen molar-refractivity contribution in [2.75, 3.05) is 23.7 Å². The highest BCUT2D eigenvalue weighted by Gasteiger charge is 2.22. The molecule has 2 N–H and O–H groups in total. The Kier molecular flexibility index (Phi) is 5.55. The third-order valence-corrected chi connectivity index (χ3v) is 6.69. The summed E-state index contributed by atoms with van der Waals surface area (Å²) < 4.78 is 1.70. The minimum Gasteiger partial charge on any atom is -0.325 e. The first kappa shape index (κ1) is 21.1. The van der Waals surface area contributed by atoms with Crippen LogP contribution in [0.4, 0.5) is 16.2 Å². The zero-order valence-corrected chi connectivity index (χ0v) is 19.3. The van der Waals surface area contributed by atoms with Gasteiger partial charge in [0, 0.05) is 20.1 Å². The summed E-state index contributed by atoms with van der Waals surface area (Å²) in [6.45, 7) is 3.37. The molecule has 168 valence electrons. The van der Waals surface area contributed by atoms with Crippen LogP contribution in [-0.2, 0) is 7.05 Å². The highest BCUT2D eigenvalue weighted by atomic mass is 32.1. The minimum absolute atomic E-state index is 0.149. The third kappa shape index (κ3) is 4.07. The number of thiophene rings is 1. The summed E-state index contributed by atoms with van der Waals surface area (Å²) in [6.07, 6.45) is 2.03. The van der Waals surface area contributed by atoms with Crippen LogP contribution in [0.3, 0.4) is 0 Å². The number of benzene rings is 1. The van der Waals surface area contributed by atoms with Crippen LogP contribution in [-0.4, -0.2) is 44.7 Å². The molecule has 1 fully saturated rings. The molecule has 1 aromatic carbocycles. The van der Waals surface area contributed by atoms with Crippen molar-refractivity contribution in [2.45, 2.75) is 19.8 Å². The van der Waals surface area contributed by atoms with E-state index in [4.69, 9.17) is 4.98 Å². The lowest BCUT2D eigenvalue weighted by Gasteiger charge is -2.18. The Morgan fingerprint density at radius 2 is 1.76 bits per heavy atom. The summed E-state index contributed by atoms with van der Waals surface area (Å²) in [6, 6.07) is 12.8. The van der Waals surface area contributed by atoms with Crippen molar-refractivity contribution in [3.63, 3.8) is 0 Å². The van der Waals surface area contributed by atoms with Gasteiger partial charge < -0.3 is 15.5 Å². The Hall–Kier alpha value is -3.72. The van der Waals surface area contributed by atoms with E-state index in [-0.39, 0.29) is 11.9 Å². The predicted octanol–water partition coefficient (Wildman–Crippen LogP) is 4.89. The number of rotatable bonds is 4. The van der Waals surface area contributed by atoms with Gasteiger partial charge in [-0.2, -0.15) is 5.10 Å². The lowest BCUT2D eigenvalue weighted by atomic mass is 10.1. The normalized spacial score (nSPS) is 13.5. The van der Waals surface area contributed by atoms with Gasteiger partial charge in [0.1, 0.15) is 0 Å². The fraction of sp³-hybridized carbons (Fsp3) is 0.250. The van der Waals surface area contributed by atoms with Gasteiger partial charge in [-0.15, -0.1) is 11.3 Å². The largest absolute Gasteiger partial charge is 0.325 e. The molecule has 4 heterocycles. The topological polar surface area (TPSA) is 92.1 Å². The van der Waals surface area contributed by atoms with E-state index < -0.39 is 0 Å². The maximum Gasteiger partial charge on any atom is 0.321 e. The van der Waals surface area contributed by atoms with Gasteiger partial charge in [-0.05, 0) is 49.4 Å². The molecule has 1 aliphatic heterocycles. The first-order chi connectivity index (χ1) is 16.0. The van der Waals surface area contributed by atoms with Crippen LogP contribution >= 0.6 is 11.3 Å². The molecule has 1 aliphatic rings. The summed E-state index contributed by atoms with van der Waals surface area (Å²) in [5, 5.41) is 13.1. The van der Waals surface area contributed by atoms with E-state index in [1.54, 1.807) is 33.1 Å². The number of hydrogen-bond acceptors (Lipinski definition) is 5. The van der Waals surface area contributed by atoms with Crippen molar-refractivity contribution in [1.82, 2.24) is 19.7 Å². The number of aromatic nitrogens is 3. The minimum atomic E-state index is -0.279. The van der Waals surface area contributed by atoms with E-state index in [1.165, 1.54) is 0 Å². The highest BCUT2D eigenvalue weighted by molar-refractivity contribution is 7.13. The summed E-state index contributed by atoms with van der Waals surface area (Å²) in [4.78, 5) is 33.6. The second-order valence-corrected chi connectivity index (χ2v) is 9.01. The predicted molar refractivity (Wildman–Crippen MR) is 131 cm³/mol. The van der Waals surface area contributed by atoms with Crippen molar-refractivity contribution in [3.8, 4) is 10.6 Å². The van der Waals surface area contributed by atoms with Crippen molar-refractivity contribution < 1.29 is 9.59 Å². The van der Waals surface area contributed by atoms with Crippen molar-refractivity contribution >= 4 is 45.7 Å². The summed E-state index contributed by atoms with van der Waals surface area (Å²) in [7, 11) is 1.82. The monoisotopic (exact) mass is 460 g/mol. The number of carbonyl (C=O) groups is 2. The average molecular weight is 461 g/mol. The Balaban J connectivity index is 1.49. The number of nitrogens with zero attached hydrogens (tertiary/aromatic N) is 4. The number of amides is 3. The van der Waals surface area contributed by atoms with Crippen LogP contribution in [0.25, 0.3) is 21.6 Å². The molecule has 0 radical (unpaired) electrons. The Bertz CT molecular complexity index is 1340. The van der Waals surface area contributed by atoms with Gasteiger partial charge >= 0.3 is 6.03 Å². The highest BCUT2D eigenvalue weighted by Crippen LogP contribution is 2.30. The Labute approximate surface area is 195 Å². The molecule has 8 nitrogen and oxygen atoms in total. The molecule has 4 aromatic rings. The smallest absolute Gasteiger partial charge is 0.321 e. The van der Waals surface area contributed by atoms with Crippen molar-refractivity contribution in [2.24, 2.45) is 7.05 Å². The fourth-order valence-electron chi connectivity index (χ4n) is 4.18. The van der Waals surface area contributed by atoms with Gasteiger partial charge in [-0.1, -0.05) is 18.2 Å². The summed E-state index contributed by atoms with van der Waals surface area (Å²) in [5.74, 6) is -0.279. The van der Waals surface area contributed by atoms with Gasteiger partial charge in [0.05, 0.1) is 38.6 Å². The van der Waals surface area contributed by atoms with E-state index in [9.17, 15) is 9.59 Å². The molecule has 33 heavy (non-hydrogen) atoms. The maximum absolute atomic E-state index is 13.5. The molecule has 0 atom stereocenters. The number of urea groups is 1. The molecule has 0 aliphatic carbocycles. The number of anilines is 2. The Morgan fingerprint density at radius 3 is 2.45 bits per heavy atom. The molecule has 3 amide bonds. The van der Waals surface area contributed by atoms with Crippen molar-refractivity contribution in [3.05, 3.63) is 59.1 Å². The van der Waals surface area contributed by atoms with Crippen LogP contribution in [0.5, 0.6) is 0 Å². The zero-order valence-electron chi connectivity index (χ0n) is 18.5. The van der Waals surface area contributed by atoms with Crippen LogP contribution in [0.15, 0.2) is 47.8 Å². The fourth-order valence-corrected chi connectivity index (χ4v) is 4.87. The summed E-state index contributed by atoms with van der Waals surface area (Å²) in [5.41, 5.74) is 3.71. The summed E-state index contributed by atoms with van der Waals surface area (Å²) >= 11 is 1.57. The van der Waals surface area contributed by atoms with Gasteiger partial charge in [0.25, 0.3) is 5.91 Å². The van der Waals surface area contributed by atoms with Crippen LogP contribution in [0.1, 0.15) is 28.9 Å². The Morgan fingerprint density at radius 1 is 1.03 bits per heavy atom. The van der Waals surface area contributed by atoms with Gasteiger partial charge in [0.15, 0.2) is 5.65 Å². The number of aryl methyl sites for hydroxylation is 2. The van der Waals surface area contributed by atoms with Crippen LogP contribution in [0, 0.1) is 6.92 Å². The van der Waals surface area contributed by atoms with Gasteiger partial charge in [0.2, 0.25) is 0 Å². The molecule has 0 spiro atoms. The van der Waals surface area contributed by atoms with E-state index in [1.807, 2.05) is 49.7 Å². The standard InChI is InChI=1S/C24H24N6O2S/c1-15-21-16(14-19(20-10-7-13-33-20)25-22(21)29(2)28-15)23(31)26-17-8-3-4-9-18(17)27-24(32)30-11-5-6-12-30/h3-4,7-10,13-14H,5-6,11-12H2,1-2H3,(H,26,31)(H,27,32). The first-order valence-corrected chi connectivity index (χ1v) is 11.7. The number of hydrogen-bond donors (Lipinski definition) is 2. The number of likely N-dealkylation sites (tertiary alicyclic amines) is 1. The van der Waals surface area contributed by atoms with E-state index >= 15 is 0 Å². The number of carbonyl (C=O) groups excluding carboxylic acids is 2. The molecular formula is C24H24N6O2S. The van der Waals surface area contributed by atoms with Crippen LogP contribution in [0.2, 0.25) is 0 Å². The average Bonchev–Trinajstić information content (AvgIpc) is 3.57. The lowest BCUT2D eigenvalue weighted by Crippen LogP contribution is -2.32. The van der Waals surface area contributed by atoms with Crippen LogP contribution < -0.4 is 10.6 Å². The SMILES string of the molecule is Cc1nn(C)c2nc(-c3cccs3)cc(C(=O)Nc3ccccc3NC(=O)N3CCCC3)c12. The maximum atomic E-state index is 13.5. The molecule has 0 saturated carbocycles. The number of nitrogens with one attached hydrogen (secondary N) is 2. The number of fused-ring (bicyclic) bond motifs is 1. The first-order valence-electron chi connectivity index (χ1n) is 10.9. The second kappa shape index (κ2) is 8.67. The van der Waals surface area contributed by atoms with Gasteiger partial charge in [-0.25, -0.2) is 9.78 Å². The van der Waals surface area contributed by atoms with Gasteiger partial charge in [-0.3, -0.25) is 9.48 Å². The van der Waals surface area contributed by atoms with E-state index in [0.717, 1.165) is 42.2 Å². The molecule has 9 heteroatoms. The molecule has 0 unspecified atom stereocenters. The number of para-hydroxylation sites is 2. The molecule has 5 rings (SSSR count). The molecular weight excluding hydrogens is 436 g/mol. The number of pyridine rings is 1. The van der Waals surface area contributed by atoms with E-state index in [0.29, 0.717) is 28.0 Å². The second-order valence-electron chi connectivity index (χ2n) is 8.06. The molecule has 0 bridgehead atoms. The molecule has 1 saturated heterocycles. The quantitative estimate of drug-likeness (QED) is 0.454. The zero-order chi connectivity index (χ0) is 22.9. The molecule has 3 aromatic heterocycles. The lowest BCUT2D eigenvalue weighted by molar-refractivity contribution is 0.102.